The number of carbonyl (C=O) groups is 1. The van der Waals surface area contributed by atoms with Gasteiger partial charge in [0.15, 0.2) is 0 Å². The summed E-state index contributed by atoms with van der Waals surface area (Å²) < 4.78 is 9.04. The zero-order chi connectivity index (χ0) is 16.1. The average molecular weight is 326 g/mol. The van der Waals surface area contributed by atoms with Crippen molar-refractivity contribution in [3.8, 4) is 17.0 Å². The number of benzene rings is 1. The van der Waals surface area contributed by atoms with Crippen molar-refractivity contribution >= 4 is 17.4 Å². The van der Waals surface area contributed by atoms with Gasteiger partial charge < -0.3 is 10.1 Å². The molecule has 0 fully saturated rings. The van der Waals surface area contributed by atoms with Crippen LogP contribution in [0.3, 0.4) is 0 Å². The van der Waals surface area contributed by atoms with E-state index in [9.17, 15) is 4.79 Å². The van der Waals surface area contributed by atoms with Crippen LogP contribution in [0.5, 0.6) is 5.75 Å². The van der Waals surface area contributed by atoms with Gasteiger partial charge in [-0.15, -0.1) is 5.10 Å². The fraction of sp³-hybridized carbons (Fsp3) is 0.125. The summed E-state index contributed by atoms with van der Waals surface area (Å²) in [6.45, 7) is 0.432. The van der Waals surface area contributed by atoms with Crippen molar-refractivity contribution in [3.05, 3.63) is 59.2 Å². The molecule has 6 nitrogen and oxygen atoms in total. The van der Waals surface area contributed by atoms with Crippen molar-refractivity contribution in [2.75, 3.05) is 7.11 Å². The topological polar surface area (TPSA) is 77.0 Å². The summed E-state index contributed by atoms with van der Waals surface area (Å²) in [6, 6.07) is 11.1. The lowest BCUT2D eigenvalue weighted by Crippen LogP contribution is -2.22. The standard InChI is InChI=1S/C16H14N4O2S/c1-22-13-4-2-12(3-5-13)14-15(23-20-19-14)16(21)18-10-11-6-8-17-9-7-11/h2-9H,10H2,1H3,(H,18,21). The number of methoxy groups -OCH3 is 1. The number of rotatable bonds is 5. The van der Waals surface area contributed by atoms with E-state index < -0.39 is 0 Å². The van der Waals surface area contributed by atoms with E-state index in [1.807, 2.05) is 36.4 Å². The van der Waals surface area contributed by atoms with Crippen molar-refractivity contribution in [1.82, 2.24) is 19.9 Å². The van der Waals surface area contributed by atoms with Gasteiger partial charge in [-0.05, 0) is 53.5 Å². The second kappa shape index (κ2) is 6.97. The number of ether oxygens (including phenoxy) is 1. The van der Waals surface area contributed by atoms with E-state index >= 15 is 0 Å². The molecule has 0 aliphatic heterocycles. The highest BCUT2D eigenvalue weighted by atomic mass is 32.1. The van der Waals surface area contributed by atoms with Crippen molar-refractivity contribution < 1.29 is 9.53 Å². The fourth-order valence-corrected chi connectivity index (χ4v) is 2.65. The molecule has 3 aromatic rings. The van der Waals surface area contributed by atoms with Crippen molar-refractivity contribution in [3.63, 3.8) is 0 Å². The summed E-state index contributed by atoms with van der Waals surface area (Å²) in [5.74, 6) is 0.559. The third-order valence-corrected chi connectivity index (χ3v) is 3.98. The van der Waals surface area contributed by atoms with E-state index in [4.69, 9.17) is 4.74 Å². The summed E-state index contributed by atoms with van der Waals surface area (Å²) in [5.41, 5.74) is 2.38. The summed E-state index contributed by atoms with van der Waals surface area (Å²) in [5, 5.41) is 6.95. The lowest BCUT2D eigenvalue weighted by atomic mass is 10.1. The first kappa shape index (κ1) is 15.1. The Hall–Kier alpha value is -2.80. The molecule has 0 aliphatic rings. The number of hydrogen-bond donors (Lipinski definition) is 1. The Morgan fingerprint density at radius 1 is 1.17 bits per heavy atom. The number of amides is 1. The third-order valence-electron chi connectivity index (χ3n) is 3.26. The molecule has 0 radical (unpaired) electrons. The number of aromatic nitrogens is 3. The summed E-state index contributed by atoms with van der Waals surface area (Å²) >= 11 is 1.08. The molecule has 2 heterocycles. The van der Waals surface area contributed by atoms with Crippen molar-refractivity contribution in [2.45, 2.75) is 6.54 Å². The Bertz CT molecular complexity index is 787. The minimum absolute atomic E-state index is 0.192. The van der Waals surface area contributed by atoms with Gasteiger partial charge in [-0.2, -0.15) is 0 Å². The molecular formula is C16H14N4O2S. The normalized spacial score (nSPS) is 10.3. The second-order valence-electron chi connectivity index (χ2n) is 4.72. The van der Waals surface area contributed by atoms with Gasteiger partial charge in [0.05, 0.1) is 7.11 Å². The molecule has 0 atom stereocenters. The predicted octanol–water partition coefficient (Wildman–Crippen LogP) is 2.54. The number of nitrogens with zero attached hydrogens (tertiary/aromatic N) is 3. The number of pyridine rings is 1. The van der Waals surface area contributed by atoms with Crippen LogP contribution in [-0.2, 0) is 6.54 Å². The maximum absolute atomic E-state index is 12.4. The van der Waals surface area contributed by atoms with E-state index in [0.717, 1.165) is 28.4 Å². The quantitative estimate of drug-likeness (QED) is 0.779. The van der Waals surface area contributed by atoms with Gasteiger partial charge in [0.2, 0.25) is 0 Å². The third kappa shape index (κ3) is 3.51. The van der Waals surface area contributed by atoms with Crippen LogP contribution in [-0.4, -0.2) is 27.6 Å². The monoisotopic (exact) mass is 326 g/mol. The van der Waals surface area contributed by atoms with Gasteiger partial charge in [-0.25, -0.2) is 0 Å². The molecule has 116 valence electrons. The Labute approximate surface area is 137 Å². The predicted molar refractivity (Wildman–Crippen MR) is 87.3 cm³/mol. The molecule has 23 heavy (non-hydrogen) atoms. The molecule has 3 rings (SSSR count). The van der Waals surface area contributed by atoms with Crippen molar-refractivity contribution in [1.29, 1.82) is 0 Å². The Morgan fingerprint density at radius 2 is 1.91 bits per heavy atom. The van der Waals surface area contributed by atoms with Gasteiger partial charge in [-0.1, -0.05) is 4.49 Å². The van der Waals surface area contributed by atoms with E-state index in [1.165, 1.54) is 0 Å². The zero-order valence-electron chi connectivity index (χ0n) is 12.4. The van der Waals surface area contributed by atoms with E-state index in [0.29, 0.717) is 17.1 Å². The molecule has 0 saturated carbocycles. The molecule has 1 aromatic carbocycles. The molecule has 0 bridgehead atoms. The first-order valence-electron chi connectivity index (χ1n) is 6.92. The van der Waals surface area contributed by atoms with Crippen LogP contribution >= 0.6 is 11.5 Å². The first-order valence-corrected chi connectivity index (χ1v) is 7.69. The highest BCUT2D eigenvalue weighted by Crippen LogP contribution is 2.25. The Balaban J connectivity index is 1.75. The van der Waals surface area contributed by atoms with Gasteiger partial charge in [-0.3, -0.25) is 9.78 Å². The maximum atomic E-state index is 12.4. The van der Waals surface area contributed by atoms with Crippen LogP contribution in [0.4, 0.5) is 0 Å². The fourth-order valence-electron chi connectivity index (χ4n) is 2.04. The maximum Gasteiger partial charge on any atom is 0.265 e. The lowest BCUT2D eigenvalue weighted by molar-refractivity contribution is 0.0955. The number of nitrogens with one attached hydrogen (secondary N) is 1. The second-order valence-corrected chi connectivity index (χ2v) is 5.47. The molecule has 2 aromatic heterocycles. The molecule has 1 amide bonds. The number of hydrogen-bond acceptors (Lipinski definition) is 6. The zero-order valence-corrected chi connectivity index (χ0v) is 13.2. The SMILES string of the molecule is COc1ccc(-c2nnsc2C(=O)NCc2ccncc2)cc1. The van der Waals surface area contributed by atoms with E-state index in [1.54, 1.807) is 19.5 Å². The first-order chi connectivity index (χ1) is 11.3. The van der Waals surface area contributed by atoms with Gasteiger partial charge in [0.1, 0.15) is 16.3 Å². The van der Waals surface area contributed by atoms with Crippen LogP contribution in [0.25, 0.3) is 11.3 Å². The molecular weight excluding hydrogens is 312 g/mol. The van der Waals surface area contributed by atoms with E-state index in [2.05, 4.69) is 19.9 Å². The summed E-state index contributed by atoms with van der Waals surface area (Å²) in [4.78, 5) is 16.8. The number of carbonyl (C=O) groups excluding carboxylic acids is 1. The Morgan fingerprint density at radius 3 is 2.61 bits per heavy atom. The van der Waals surface area contributed by atoms with Crippen molar-refractivity contribution in [2.24, 2.45) is 0 Å². The van der Waals surface area contributed by atoms with Crippen LogP contribution in [0, 0.1) is 0 Å². The Kier molecular flexibility index (Phi) is 4.58. The summed E-state index contributed by atoms with van der Waals surface area (Å²) in [7, 11) is 1.61. The molecule has 0 saturated heterocycles. The van der Waals surface area contributed by atoms with Crippen LogP contribution in [0.1, 0.15) is 15.2 Å². The molecule has 1 N–H and O–H groups in total. The van der Waals surface area contributed by atoms with Gasteiger partial charge in [0.25, 0.3) is 5.91 Å². The smallest absolute Gasteiger partial charge is 0.265 e. The highest BCUT2D eigenvalue weighted by molar-refractivity contribution is 7.08. The lowest BCUT2D eigenvalue weighted by Gasteiger charge is -2.05. The van der Waals surface area contributed by atoms with Gasteiger partial charge >= 0.3 is 0 Å². The molecule has 0 spiro atoms. The van der Waals surface area contributed by atoms with E-state index in [-0.39, 0.29) is 5.91 Å². The largest absolute Gasteiger partial charge is 0.497 e. The molecule has 0 unspecified atom stereocenters. The minimum Gasteiger partial charge on any atom is -0.497 e. The molecule has 7 heteroatoms. The molecule has 0 aliphatic carbocycles. The van der Waals surface area contributed by atoms with Crippen LogP contribution < -0.4 is 10.1 Å². The minimum atomic E-state index is -0.192. The average Bonchev–Trinajstić information content (AvgIpc) is 3.10. The van der Waals surface area contributed by atoms with Crippen LogP contribution in [0.15, 0.2) is 48.8 Å². The summed E-state index contributed by atoms with van der Waals surface area (Å²) in [6.07, 6.45) is 3.39. The van der Waals surface area contributed by atoms with Gasteiger partial charge in [0, 0.05) is 24.5 Å². The van der Waals surface area contributed by atoms with Crippen LogP contribution in [0.2, 0.25) is 0 Å². The highest BCUT2D eigenvalue weighted by Gasteiger charge is 2.17.